The normalized spacial score (nSPS) is 12.0. The van der Waals surface area contributed by atoms with E-state index in [1.54, 1.807) is 0 Å². The van der Waals surface area contributed by atoms with Gasteiger partial charge < -0.3 is 5.73 Å². The second kappa shape index (κ2) is 3.89. The van der Waals surface area contributed by atoms with Gasteiger partial charge in [-0.25, -0.2) is 0 Å². The summed E-state index contributed by atoms with van der Waals surface area (Å²) < 4.78 is 38.3. The van der Waals surface area contributed by atoms with Crippen LogP contribution in [-0.4, -0.2) is 5.91 Å². The molecule has 1 heterocycles. The number of fused-ring (bicyclic) bond motifs is 1. The van der Waals surface area contributed by atoms with E-state index < -0.39 is 17.6 Å². The quantitative estimate of drug-likeness (QED) is 0.850. The Morgan fingerprint density at radius 1 is 1.35 bits per heavy atom. The number of alkyl halides is 3. The Morgan fingerprint density at radius 3 is 2.53 bits per heavy atom. The summed E-state index contributed by atoms with van der Waals surface area (Å²) in [6, 6.07) is 3.17. The van der Waals surface area contributed by atoms with Crippen molar-refractivity contribution in [2.24, 2.45) is 5.73 Å². The Hall–Kier alpha value is -1.27. The molecular formula is C10H5ClF3NOS. The molecule has 1 aromatic carbocycles. The minimum Gasteiger partial charge on any atom is -0.365 e. The van der Waals surface area contributed by atoms with E-state index in [0.717, 1.165) is 29.5 Å². The van der Waals surface area contributed by atoms with Crippen LogP contribution in [0.5, 0.6) is 0 Å². The average Bonchev–Trinajstić information content (AvgIpc) is 2.61. The number of carbonyl (C=O) groups is 1. The molecule has 2 rings (SSSR count). The van der Waals surface area contributed by atoms with Gasteiger partial charge in [-0.05, 0) is 18.2 Å². The van der Waals surface area contributed by atoms with Crippen molar-refractivity contribution < 1.29 is 18.0 Å². The highest BCUT2D eigenvalue weighted by molar-refractivity contribution is 7.21. The lowest BCUT2D eigenvalue weighted by atomic mass is 10.1. The van der Waals surface area contributed by atoms with Gasteiger partial charge in [-0.1, -0.05) is 11.6 Å². The van der Waals surface area contributed by atoms with Gasteiger partial charge in [0.05, 0.1) is 20.2 Å². The number of benzene rings is 1. The number of thiophene rings is 1. The second-order valence-corrected chi connectivity index (χ2v) is 4.77. The second-order valence-electron chi connectivity index (χ2n) is 3.31. The molecule has 90 valence electrons. The van der Waals surface area contributed by atoms with Crippen LogP contribution >= 0.6 is 22.9 Å². The van der Waals surface area contributed by atoms with Crippen LogP contribution < -0.4 is 5.73 Å². The third kappa shape index (κ3) is 2.10. The highest BCUT2D eigenvalue weighted by atomic mass is 35.5. The summed E-state index contributed by atoms with van der Waals surface area (Å²) in [5.41, 5.74) is 4.22. The zero-order valence-electron chi connectivity index (χ0n) is 8.14. The van der Waals surface area contributed by atoms with Crippen molar-refractivity contribution in [3.05, 3.63) is 33.7 Å². The van der Waals surface area contributed by atoms with Crippen molar-refractivity contribution in [2.75, 3.05) is 0 Å². The maximum atomic E-state index is 12.7. The maximum Gasteiger partial charge on any atom is 0.417 e. The molecule has 0 aliphatic rings. The maximum absolute atomic E-state index is 12.7. The van der Waals surface area contributed by atoms with E-state index in [1.165, 1.54) is 0 Å². The molecule has 0 atom stereocenters. The van der Waals surface area contributed by atoms with E-state index in [0.29, 0.717) is 0 Å². The van der Waals surface area contributed by atoms with Crippen LogP contribution in [0.1, 0.15) is 15.2 Å². The first-order valence-corrected chi connectivity index (χ1v) is 5.59. The summed E-state index contributed by atoms with van der Waals surface area (Å²) in [5.74, 6) is -0.768. The van der Waals surface area contributed by atoms with Crippen LogP contribution in [0.4, 0.5) is 13.2 Å². The number of halogens is 4. The van der Waals surface area contributed by atoms with Crippen LogP contribution in [0.15, 0.2) is 18.2 Å². The molecule has 0 saturated carbocycles. The van der Waals surface area contributed by atoms with Crippen molar-refractivity contribution in [1.82, 2.24) is 0 Å². The fourth-order valence-corrected chi connectivity index (χ4v) is 2.68. The fourth-order valence-electron chi connectivity index (χ4n) is 1.46. The lowest BCUT2D eigenvalue weighted by molar-refractivity contribution is -0.136. The van der Waals surface area contributed by atoms with Crippen LogP contribution in [0, 0.1) is 0 Å². The molecule has 2 nitrogen and oxygen atoms in total. The Balaban J connectivity index is 2.81. The molecular weight excluding hydrogens is 275 g/mol. The predicted molar refractivity (Wildman–Crippen MR) is 60.4 cm³/mol. The molecule has 7 heteroatoms. The van der Waals surface area contributed by atoms with Gasteiger partial charge in [0.1, 0.15) is 0 Å². The molecule has 0 bridgehead atoms. The van der Waals surface area contributed by atoms with E-state index in [1.807, 2.05) is 0 Å². The first-order chi connectivity index (χ1) is 7.80. The number of nitrogens with two attached hydrogens (primary N) is 1. The lowest BCUT2D eigenvalue weighted by Gasteiger charge is -2.08. The summed E-state index contributed by atoms with van der Waals surface area (Å²) in [7, 11) is 0. The van der Waals surface area contributed by atoms with Crippen molar-refractivity contribution in [3.8, 4) is 0 Å². The number of amides is 1. The third-order valence-electron chi connectivity index (χ3n) is 2.18. The Kier molecular flexibility index (Phi) is 2.79. The molecule has 0 spiro atoms. The van der Waals surface area contributed by atoms with Crippen molar-refractivity contribution in [3.63, 3.8) is 0 Å². The number of rotatable bonds is 1. The van der Waals surface area contributed by atoms with Gasteiger partial charge in [-0.15, -0.1) is 11.3 Å². The molecule has 2 aromatic rings. The number of carbonyl (C=O) groups excluding carboxylic acids is 1. The molecule has 1 amide bonds. The van der Waals surface area contributed by atoms with Crippen LogP contribution in [0.2, 0.25) is 5.02 Å². The monoisotopic (exact) mass is 279 g/mol. The molecule has 0 saturated heterocycles. The first-order valence-electron chi connectivity index (χ1n) is 4.40. The Labute approximate surface area is 103 Å². The summed E-state index contributed by atoms with van der Waals surface area (Å²) >= 11 is 6.64. The van der Waals surface area contributed by atoms with Crippen LogP contribution in [0.3, 0.4) is 0 Å². The summed E-state index contributed by atoms with van der Waals surface area (Å²) in [5, 5.41) is 0.0781. The van der Waals surface area contributed by atoms with E-state index in [9.17, 15) is 18.0 Å². The van der Waals surface area contributed by atoms with Crippen molar-refractivity contribution >= 4 is 38.9 Å². The van der Waals surface area contributed by atoms with Gasteiger partial charge in [-0.2, -0.15) is 13.2 Å². The van der Waals surface area contributed by atoms with Gasteiger partial charge in [0, 0.05) is 5.39 Å². The molecule has 0 aliphatic heterocycles. The van der Waals surface area contributed by atoms with Crippen LogP contribution in [0.25, 0.3) is 10.1 Å². The van der Waals surface area contributed by atoms with Crippen molar-refractivity contribution in [1.29, 1.82) is 0 Å². The summed E-state index contributed by atoms with van der Waals surface area (Å²) in [4.78, 5) is 11.0. The minimum atomic E-state index is -4.49. The van der Waals surface area contributed by atoms with E-state index in [2.05, 4.69) is 0 Å². The average molecular weight is 280 g/mol. The Morgan fingerprint density at radius 2 is 2.00 bits per heavy atom. The highest BCUT2D eigenvalue weighted by Crippen LogP contribution is 2.40. The predicted octanol–water partition coefficient (Wildman–Crippen LogP) is 3.67. The lowest BCUT2D eigenvalue weighted by Crippen LogP contribution is -2.08. The molecule has 2 N–H and O–H groups in total. The number of hydrogen-bond acceptors (Lipinski definition) is 2. The topological polar surface area (TPSA) is 43.1 Å². The molecule has 0 radical (unpaired) electrons. The van der Waals surface area contributed by atoms with Gasteiger partial charge >= 0.3 is 6.18 Å². The molecule has 1 aromatic heterocycles. The fraction of sp³-hybridized carbons (Fsp3) is 0.100. The largest absolute Gasteiger partial charge is 0.417 e. The molecule has 17 heavy (non-hydrogen) atoms. The van der Waals surface area contributed by atoms with Gasteiger partial charge in [0.15, 0.2) is 0 Å². The van der Waals surface area contributed by atoms with Gasteiger partial charge in [0.2, 0.25) is 0 Å². The van der Waals surface area contributed by atoms with E-state index in [-0.39, 0.29) is 20.0 Å². The van der Waals surface area contributed by atoms with E-state index in [4.69, 9.17) is 17.3 Å². The smallest absolute Gasteiger partial charge is 0.365 e. The minimum absolute atomic E-state index is 0.0543. The van der Waals surface area contributed by atoms with Crippen molar-refractivity contribution in [2.45, 2.75) is 6.18 Å². The number of primary amides is 1. The van der Waals surface area contributed by atoms with E-state index >= 15 is 0 Å². The summed E-state index contributed by atoms with van der Waals surface area (Å²) in [6.07, 6.45) is -4.49. The SMILES string of the molecule is NC(=O)c1cc2c(C(F)(F)F)ccc(Cl)c2s1. The third-order valence-corrected chi connectivity index (χ3v) is 3.79. The zero-order valence-corrected chi connectivity index (χ0v) is 9.71. The highest BCUT2D eigenvalue weighted by Gasteiger charge is 2.33. The first kappa shape index (κ1) is 12.2. The van der Waals surface area contributed by atoms with Gasteiger partial charge in [-0.3, -0.25) is 4.79 Å². The molecule has 0 unspecified atom stereocenters. The summed E-state index contributed by atoms with van der Waals surface area (Å²) in [6.45, 7) is 0. The standard InChI is InChI=1S/C10H5ClF3NOS/c11-6-2-1-5(10(12,13)14)4-3-7(9(15)16)17-8(4)6/h1-3H,(H2,15,16). The molecule has 0 aliphatic carbocycles. The van der Waals surface area contributed by atoms with Gasteiger partial charge in [0.25, 0.3) is 5.91 Å². The molecule has 0 fully saturated rings. The zero-order chi connectivity index (χ0) is 12.8. The number of hydrogen-bond donors (Lipinski definition) is 1. The Bertz CT molecular complexity index is 605. The van der Waals surface area contributed by atoms with Crippen LogP contribution in [-0.2, 0) is 6.18 Å².